The van der Waals surface area contributed by atoms with Crippen molar-refractivity contribution in [2.75, 3.05) is 13.7 Å². The number of benzene rings is 1. The smallest absolute Gasteiger partial charge is 0.311 e. The van der Waals surface area contributed by atoms with Gasteiger partial charge in [0.25, 0.3) is 5.91 Å². The van der Waals surface area contributed by atoms with E-state index in [0.717, 1.165) is 6.42 Å². The van der Waals surface area contributed by atoms with Gasteiger partial charge in [-0.1, -0.05) is 6.92 Å². The Labute approximate surface area is 122 Å². The Kier molecular flexibility index (Phi) is 6.24. The standard InChI is InChI=1S/C13H17ClN2O4/c1-3-10(14)6-7-15-13(17)9-4-5-12(20-2)11(8-9)16(18)19/h4-5,8,10H,3,6-7H2,1-2H3,(H,15,17). The summed E-state index contributed by atoms with van der Waals surface area (Å²) in [5, 5.41) is 13.6. The highest BCUT2D eigenvalue weighted by atomic mass is 35.5. The van der Waals surface area contributed by atoms with Crippen molar-refractivity contribution in [3.8, 4) is 5.75 Å². The van der Waals surface area contributed by atoms with E-state index in [9.17, 15) is 14.9 Å². The zero-order chi connectivity index (χ0) is 15.1. The van der Waals surface area contributed by atoms with Crippen molar-refractivity contribution in [1.29, 1.82) is 0 Å². The molecule has 110 valence electrons. The summed E-state index contributed by atoms with van der Waals surface area (Å²) in [7, 11) is 1.34. The van der Waals surface area contributed by atoms with Gasteiger partial charge in [0.05, 0.1) is 12.0 Å². The van der Waals surface area contributed by atoms with Crippen LogP contribution in [0.5, 0.6) is 5.75 Å². The van der Waals surface area contributed by atoms with Gasteiger partial charge in [-0.15, -0.1) is 11.6 Å². The van der Waals surface area contributed by atoms with Gasteiger partial charge in [-0.3, -0.25) is 14.9 Å². The fourth-order valence-corrected chi connectivity index (χ4v) is 1.73. The minimum absolute atomic E-state index is 0.0144. The van der Waals surface area contributed by atoms with Crippen molar-refractivity contribution < 1.29 is 14.5 Å². The Bertz CT molecular complexity index is 493. The number of nitro benzene ring substituents is 1. The quantitative estimate of drug-likeness (QED) is 0.477. The molecule has 0 aliphatic rings. The molecule has 0 aliphatic carbocycles. The van der Waals surface area contributed by atoms with Gasteiger partial charge in [-0.2, -0.15) is 0 Å². The first-order valence-electron chi connectivity index (χ1n) is 6.24. The summed E-state index contributed by atoms with van der Waals surface area (Å²) in [6.45, 7) is 2.40. The molecule has 0 radical (unpaired) electrons. The van der Waals surface area contributed by atoms with E-state index in [4.69, 9.17) is 16.3 Å². The molecule has 0 saturated carbocycles. The van der Waals surface area contributed by atoms with E-state index in [1.54, 1.807) is 0 Å². The van der Waals surface area contributed by atoms with Gasteiger partial charge in [0.1, 0.15) is 0 Å². The van der Waals surface area contributed by atoms with Gasteiger partial charge in [0.15, 0.2) is 5.75 Å². The molecule has 1 atom stereocenters. The van der Waals surface area contributed by atoms with Crippen molar-refractivity contribution >= 4 is 23.2 Å². The van der Waals surface area contributed by atoms with Crippen LogP contribution in [0.2, 0.25) is 0 Å². The van der Waals surface area contributed by atoms with Crippen LogP contribution in [0, 0.1) is 10.1 Å². The van der Waals surface area contributed by atoms with Crippen LogP contribution in [0.4, 0.5) is 5.69 Å². The summed E-state index contributed by atoms with van der Waals surface area (Å²) in [5.41, 5.74) is -0.0101. The number of hydrogen-bond donors (Lipinski definition) is 1. The zero-order valence-electron chi connectivity index (χ0n) is 11.4. The van der Waals surface area contributed by atoms with E-state index in [1.807, 2.05) is 6.92 Å². The van der Waals surface area contributed by atoms with Crippen molar-refractivity contribution in [2.24, 2.45) is 0 Å². The first kappa shape index (κ1) is 16.2. The number of alkyl halides is 1. The molecule has 0 aromatic heterocycles. The molecule has 0 aliphatic heterocycles. The number of rotatable bonds is 7. The molecule has 0 fully saturated rings. The molecule has 1 aromatic rings. The molecule has 1 rings (SSSR count). The van der Waals surface area contributed by atoms with Crippen LogP contribution in [0.3, 0.4) is 0 Å². The van der Waals surface area contributed by atoms with Crippen molar-refractivity contribution in [1.82, 2.24) is 5.32 Å². The average molecular weight is 301 g/mol. The molecule has 6 nitrogen and oxygen atoms in total. The summed E-state index contributed by atoms with van der Waals surface area (Å²) < 4.78 is 4.88. The topological polar surface area (TPSA) is 81.5 Å². The van der Waals surface area contributed by atoms with E-state index in [0.29, 0.717) is 13.0 Å². The lowest BCUT2D eigenvalue weighted by Gasteiger charge is -2.08. The number of halogens is 1. The predicted octanol–water partition coefficient (Wildman–Crippen LogP) is 2.74. The van der Waals surface area contributed by atoms with Crippen LogP contribution in [0.1, 0.15) is 30.1 Å². The lowest BCUT2D eigenvalue weighted by atomic mass is 10.1. The van der Waals surface area contributed by atoms with Gasteiger partial charge in [-0.25, -0.2) is 0 Å². The van der Waals surface area contributed by atoms with E-state index >= 15 is 0 Å². The third-order valence-corrected chi connectivity index (χ3v) is 3.35. The van der Waals surface area contributed by atoms with Crippen LogP contribution in [0.25, 0.3) is 0 Å². The predicted molar refractivity (Wildman–Crippen MR) is 76.5 cm³/mol. The summed E-state index contributed by atoms with van der Waals surface area (Å²) in [4.78, 5) is 22.2. The molecule has 7 heteroatoms. The Morgan fingerprint density at radius 3 is 2.80 bits per heavy atom. The highest BCUT2D eigenvalue weighted by Gasteiger charge is 2.18. The number of carbonyl (C=O) groups is 1. The molecular weight excluding hydrogens is 284 g/mol. The second-order valence-electron chi connectivity index (χ2n) is 4.19. The molecule has 0 spiro atoms. The van der Waals surface area contributed by atoms with Crippen LogP contribution in [-0.4, -0.2) is 29.9 Å². The Morgan fingerprint density at radius 2 is 2.25 bits per heavy atom. The number of carbonyl (C=O) groups excluding carboxylic acids is 1. The normalized spacial score (nSPS) is 11.8. The molecule has 0 saturated heterocycles. The van der Waals surface area contributed by atoms with E-state index in [1.165, 1.54) is 25.3 Å². The molecule has 1 unspecified atom stereocenters. The van der Waals surface area contributed by atoms with E-state index in [-0.39, 0.29) is 28.3 Å². The number of methoxy groups -OCH3 is 1. The summed E-state index contributed by atoms with van der Waals surface area (Å²) >= 11 is 5.94. The molecule has 0 bridgehead atoms. The monoisotopic (exact) mass is 300 g/mol. The maximum atomic E-state index is 11.9. The summed E-state index contributed by atoms with van der Waals surface area (Å²) in [6.07, 6.45) is 1.48. The number of hydrogen-bond acceptors (Lipinski definition) is 4. The van der Waals surface area contributed by atoms with Crippen molar-refractivity contribution in [3.63, 3.8) is 0 Å². The maximum absolute atomic E-state index is 11.9. The minimum atomic E-state index is -0.582. The summed E-state index contributed by atoms with van der Waals surface area (Å²) in [6, 6.07) is 4.09. The molecule has 1 amide bonds. The van der Waals surface area contributed by atoms with Crippen LogP contribution >= 0.6 is 11.6 Å². The van der Waals surface area contributed by atoms with Gasteiger partial charge < -0.3 is 10.1 Å². The first-order chi connectivity index (χ1) is 9.49. The third kappa shape index (κ3) is 4.38. The fourth-order valence-electron chi connectivity index (χ4n) is 1.62. The largest absolute Gasteiger partial charge is 0.490 e. The summed E-state index contributed by atoms with van der Waals surface area (Å²) in [5.74, 6) is -0.242. The van der Waals surface area contributed by atoms with E-state index < -0.39 is 4.92 Å². The van der Waals surface area contributed by atoms with Crippen LogP contribution in [-0.2, 0) is 0 Å². The van der Waals surface area contributed by atoms with Crippen molar-refractivity contribution in [2.45, 2.75) is 25.1 Å². The van der Waals surface area contributed by atoms with Gasteiger partial charge in [0.2, 0.25) is 0 Å². The number of amides is 1. The number of ether oxygens (including phenoxy) is 1. The Hall–Kier alpha value is -1.82. The lowest BCUT2D eigenvalue weighted by molar-refractivity contribution is -0.385. The zero-order valence-corrected chi connectivity index (χ0v) is 12.1. The average Bonchev–Trinajstić information content (AvgIpc) is 2.45. The second kappa shape index (κ2) is 7.69. The fraction of sp³-hybridized carbons (Fsp3) is 0.462. The van der Waals surface area contributed by atoms with Gasteiger partial charge >= 0.3 is 5.69 Å². The SMILES string of the molecule is CCC(Cl)CCNC(=O)c1ccc(OC)c([N+](=O)[O-])c1. The van der Waals surface area contributed by atoms with Crippen LogP contribution in [0.15, 0.2) is 18.2 Å². The first-order valence-corrected chi connectivity index (χ1v) is 6.68. The van der Waals surface area contributed by atoms with Gasteiger partial charge in [0, 0.05) is 23.6 Å². The lowest BCUT2D eigenvalue weighted by Crippen LogP contribution is -2.26. The minimum Gasteiger partial charge on any atom is -0.490 e. The van der Waals surface area contributed by atoms with Crippen LogP contribution < -0.4 is 10.1 Å². The number of nitrogens with one attached hydrogen (secondary N) is 1. The van der Waals surface area contributed by atoms with Crippen molar-refractivity contribution in [3.05, 3.63) is 33.9 Å². The highest BCUT2D eigenvalue weighted by Crippen LogP contribution is 2.27. The Balaban J connectivity index is 2.74. The molecule has 1 N–H and O–H groups in total. The number of nitrogens with zero attached hydrogens (tertiary/aromatic N) is 1. The molecule has 1 aromatic carbocycles. The molecule has 20 heavy (non-hydrogen) atoms. The number of nitro groups is 1. The maximum Gasteiger partial charge on any atom is 0.311 e. The Morgan fingerprint density at radius 1 is 1.55 bits per heavy atom. The van der Waals surface area contributed by atoms with E-state index in [2.05, 4.69) is 5.32 Å². The molecular formula is C13H17ClN2O4. The highest BCUT2D eigenvalue weighted by molar-refractivity contribution is 6.20. The third-order valence-electron chi connectivity index (χ3n) is 2.82. The molecule has 0 heterocycles. The van der Waals surface area contributed by atoms with Gasteiger partial charge in [-0.05, 0) is 25.0 Å². The second-order valence-corrected chi connectivity index (χ2v) is 4.81.